The van der Waals surface area contributed by atoms with Gasteiger partial charge in [0.05, 0.1) is 17.6 Å². The van der Waals surface area contributed by atoms with Gasteiger partial charge in [-0.1, -0.05) is 37.3 Å². The van der Waals surface area contributed by atoms with E-state index < -0.39 is 0 Å². The molecule has 0 aliphatic heterocycles. The molecule has 0 bridgehead atoms. The second-order valence-electron chi connectivity index (χ2n) is 4.07. The monoisotopic (exact) mass is 252 g/mol. The Bertz CT molecular complexity index is 479. The molecule has 17 heavy (non-hydrogen) atoms. The molecule has 0 spiro atoms. The summed E-state index contributed by atoms with van der Waals surface area (Å²) in [7, 11) is 0. The van der Waals surface area contributed by atoms with Crippen LogP contribution in [0.25, 0.3) is 5.69 Å². The van der Waals surface area contributed by atoms with Crippen molar-refractivity contribution in [3.63, 3.8) is 0 Å². The van der Waals surface area contributed by atoms with Crippen LogP contribution in [-0.2, 0) is 6.54 Å². The van der Waals surface area contributed by atoms with Gasteiger partial charge >= 0.3 is 0 Å². The average Bonchev–Trinajstić information content (AvgIpc) is 2.77. The lowest BCUT2D eigenvalue weighted by atomic mass is 10.0. The number of aromatic nitrogens is 3. The third-order valence-electron chi connectivity index (χ3n) is 2.56. The number of halogens is 1. The number of nitrogens with two attached hydrogens (primary N) is 1. The molecule has 0 amide bonds. The van der Waals surface area contributed by atoms with Crippen molar-refractivity contribution in [2.45, 2.75) is 26.3 Å². The largest absolute Gasteiger partial charge is 0.325 e. The van der Waals surface area contributed by atoms with Crippen LogP contribution in [0.4, 0.5) is 0 Å². The minimum absolute atomic E-state index is 0. The second kappa shape index (κ2) is 5.80. The Balaban J connectivity index is 0.00000144. The quantitative estimate of drug-likeness (QED) is 0.912. The van der Waals surface area contributed by atoms with E-state index >= 15 is 0 Å². The molecule has 0 atom stereocenters. The lowest BCUT2D eigenvalue weighted by molar-refractivity contribution is 0.767. The molecule has 1 heterocycles. The van der Waals surface area contributed by atoms with Gasteiger partial charge in [-0.05, 0) is 17.5 Å². The number of hydrogen-bond acceptors (Lipinski definition) is 3. The fraction of sp³-hybridized carbons (Fsp3) is 0.333. The number of benzene rings is 1. The highest BCUT2D eigenvalue weighted by Gasteiger charge is 2.08. The topological polar surface area (TPSA) is 56.7 Å². The van der Waals surface area contributed by atoms with Gasteiger partial charge in [-0.3, -0.25) is 0 Å². The summed E-state index contributed by atoms with van der Waals surface area (Å²) in [5, 5.41) is 8.09. The van der Waals surface area contributed by atoms with Crippen LogP contribution in [-0.4, -0.2) is 15.0 Å². The Morgan fingerprint density at radius 2 is 2.00 bits per heavy atom. The molecule has 2 aromatic rings. The van der Waals surface area contributed by atoms with Crippen LogP contribution >= 0.6 is 12.4 Å². The standard InChI is InChI=1S/C12H16N4.ClH/c1-9(2)11-5-3-4-6-12(11)16-8-10(7-13)14-15-16;/h3-6,8-9H,7,13H2,1-2H3;1H. The lowest BCUT2D eigenvalue weighted by Crippen LogP contribution is -2.01. The Morgan fingerprint density at radius 3 is 2.59 bits per heavy atom. The van der Waals surface area contributed by atoms with E-state index in [0.717, 1.165) is 11.4 Å². The molecule has 0 saturated heterocycles. The Labute approximate surface area is 107 Å². The van der Waals surface area contributed by atoms with E-state index in [1.807, 2.05) is 24.4 Å². The smallest absolute Gasteiger partial charge is 0.0967 e. The van der Waals surface area contributed by atoms with Crippen molar-refractivity contribution in [3.8, 4) is 5.69 Å². The number of nitrogens with zero attached hydrogens (tertiary/aromatic N) is 3. The molecular weight excluding hydrogens is 236 g/mol. The van der Waals surface area contributed by atoms with Crippen molar-refractivity contribution >= 4 is 12.4 Å². The number of rotatable bonds is 3. The van der Waals surface area contributed by atoms with Crippen molar-refractivity contribution in [3.05, 3.63) is 41.7 Å². The van der Waals surface area contributed by atoms with Crippen molar-refractivity contribution in [2.75, 3.05) is 0 Å². The average molecular weight is 253 g/mol. The highest BCUT2D eigenvalue weighted by atomic mass is 35.5. The van der Waals surface area contributed by atoms with E-state index in [0.29, 0.717) is 12.5 Å². The van der Waals surface area contributed by atoms with Gasteiger partial charge in [0.15, 0.2) is 0 Å². The molecule has 0 unspecified atom stereocenters. The molecule has 0 aliphatic rings. The molecule has 0 saturated carbocycles. The zero-order chi connectivity index (χ0) is 11.5. The molecule has 1 aromatic heterocycles. The van der Waals surface area contributed by atoms with Gasteiger partial charge in [-0.2, -0.15) is 0 Å². The summed E-state index contributed by atoms with van der Waals surface area (Å²) in [5.41, 5.74) is 8.66. The minimum atomic E-state index is 0. The molecule has 92 valence electrons. The summed E-state index contributed by atoms with van der Waals surface area (Å²) in [5.74, 6) is 0.460. The maximum atomic E-state index is 5.52. The third-order valence-corrected chi connectivity index (χ3v) is 2.56. The van der Waals surface area contributed by atoms with Crippen molar-refractivity contribution in [2.24, 2.45) is 5.73 Å². The first-order valence-corrected chi connectivity index (χ1v) is 5.43. The molecular formula is C12H17ClN4. The minimum Gasteiger partial charge on any atom is -0.325 e. The highest BCUT2D eigenvalue weighted by molar-refractivity contribution is 5.85. The Kier molecular flexibility index (Phi) is 4.66. The van der Waals surface area contributed by atoms with E-state index in [4.69, 9.17) is 5.73 Å². The van der Waals surface area contributed by atoms with Crippen LogP contribution in [0.5, 0.6) is 0 Å². The first-order valence-electron chi connectivity index (χ1n) is 5.43. The van der Waals surface area contributed by atoms with Gasteiger partial charge in [-0.25, -0.2) is 4.68 Å². The normalized spacial score (nSPS) is 10.4. The first-order chi connectivity index (χ1) is 7.72. The third kappa shape index (κ3) is 2.84. The van der Waals surface area contributed by atoms with Gasteiger partial charge in [-0.15, -0.1) is 17.5 Å². The maximum absolute atomic E-state index is 5.52. The molecule has 1 aromatic carbocycles. The summed E-state index contributed by atoms with van der Waals surface area (Å²) in [6, 6.07) is 8.21. The van der Waals surface area contributed by atoms with Crippen molar-refractivity contribution in [1.29, 1.82) is 0 Å². The van der Waals surface area contributed by atoms with Crippen LogP contribution in [0.3, 0.4) is 0 Å². The summed E-state index contributed by atoms with van der Waals surface area (Å²) >= 11 is 0. The summed E-state index contributed by atoms with van der Waals surface area (Å²) in [6.07, 6.45) is 1.88. The van der Waals surface area contributed by atoms with E-state index in [9.17, 15) is 0 Å². The summed E-state index contributed by atoms with van der Waals surface area (Å²) < 4.78 is 1.79. The van der Waals surface area contributed by atoms with E-state index in [1.54, 1.807) is 4.68 Å². The van der Waals surface area contributed by atoms with E-state index in [1.165, 1.54) is 5.56 Å². The molecule has 0 radical (unpaired) electrons. The lowest BCUT2D eigenvalue weighted by Gasteiger charge is -2.11. The van der Waals surface area contributed by atoms with Gasteiger partial charge in [0, 0.05) is 6.54 Å². The molecule has 0 aliphatic carbocycles. The number of hydrogen-bond donors (Lipinski definition) is 1. The van der Waals surface area contributed by atoms with Crippen LogP contribution in [0.2, 0.25) is 0 Å². The first kappa shape index (κ1) is 13.7. The predicted molar refractivity (Wildman–Crippen MR) is 70.6 cm³/mol. The van der Waals surface area contributed by atoms with Gasteiger partial charge < -0.3 is 5.73 Å². The van der Waals surface area contributed by atoms with Crippen molar-refractivity contribution < 1.29 is 0 Å². The zero-order valence-electron chi connectivity index (χ0n) is 10.00. The SMILES string of the molecule is CC(C)c1ccccc1-n1cc(CN)nn1.Cl. The summed E-state index contributed by atoms with van der Waals surface area (Å²) in [4.78, 5) is 0. The predicted octanol–water partition coefficient (Wildman–Crippen LogP) is 2.27. The van der Waals surface area contributed by atoms with Crippen LogP contribution < -0.4 is 5.73 Å². The Morgan fingerprint density at radius 1 is 1.29 bits per heavy atom. The highest BCUT2D eigenvalue weighted by Crippen LogP contribution is 2.21. The van der Waals surface area contributed by atoms with Gasteiger partial charge in [0.25, 0.3) is 0 Å². The second-order valence-corrected chi connectivity index (χ2v) is 4.07. The Hall–Kier alpha value is -1.39. The van der Waals surface area contributed by atoms with Crippen LogP contribution in [0, 0.1) is 0 Å². The fourth-order valence-corrected chi connectivity index (χ4v) is 1.69. The maximum Gasteiger partial charge on any atom is 0.0967 e. The summed E-state index contributed by atoms with van der Waals surface area (Å²) in [6.45, 7) is 4.75. The molecule has 4 nitrogen and oxygen atoms in total. The molecule has 5 heteroatoms. The van der Waals surface area contributed by atoms with Crippen molar-refractivity contribution in [1.82, 2.24) is 15.0 Å². The zero-order valence-corrected chi connectivity index (χ0v) is 10.8. The molecule has 2 rings (SSSR count). The van der Waals surface area contributed by atoms with Gasteiger partial charge in [0.2, 0.25) is 0 Å². The fourth-order valence-electron chi connectivity index (χ4n) is 1.69. The van der Waals surface area contributed by atoms with E-state index in [2.05, 4.69) is 30.2 Å². The van der Waals surface area contributed by atoms with Crippen LogP contribution in [0.1, 0.15) is 31.0 Å². The van der Waals surface area contributed by atoms with Crippen LogP contribution in [0.15, 0.2) is 30.5 Å². The van der Waals surface area contributed by atoms with E-state index in [-0.39, 0.29) is 12.4 Å². The molecule has 2 N–H and O–H groups in total. The van der Waals surface area contributed by atoms with Gasteiger partial charge in [0.1, 0.15) is 0 Å². The molecule has 0 fully saturated rings. The number of para-hydroxylation sites is 1.